The minimum Gasteiger partial charge on any atom is -0.392 e. The third-order valence-corrected chi connectivity index (χ3v) is 3.12. The Bertz CT molecular complexity index is 142. The Hall–Kier alpha value is -0.200. The van der Waals surface area contributed by atoms with Crippen LogP contribution in [-0.4, -0.2) is 22.2 Å². The molecule has 0 spiro atoms. The third-order valence-electron chi connectivity index (χ3n) is 1.51. The molecule has 2 nitrogen and oxygen atoms in total. The molecule has 0 saturated heterocycles. The highest BCUT2D eigenvalue weighted by Crippen LogP contribution is 2.16. The van der Waals surface area contributed by atoms with Gasteiger partial charge >= 0.3 is 0 Å². The molecule has 0 aliphatic carbocycles. The number of aliphatic hydroxyl groups excluding tert-OH is 1. The summed E-state index contributed by atoms with van der Waals surface area (Å²) in [7, 11) is 0. The van der Waals surface area contributed by atoms with Crippen molar-refractivity contribution in [1.82, 2.24) is 0 Å². The highest BCUT2D eigenvalue weighted by molar-refractivity contribution is 7.99. The summed E-state index contributed by atoms with van der Waals surface area (Å²) >= 11 is 1.64. The molecule has 0 aromatic rings. The number of hydrogen-bond acceptors (Lipinski definition) is 3. The maximum absolute atomic E-state index is 9.10. The summed E-state index contributed by atoms with van der Waals surface area (Å²) < 4.78 is 0. The molecule has 0 aromatic heterocycles. The van der Waals surface area contributed by atoms with E-state index in [2.05, 4.69) is 6.07 Å². The Morgan fingerprint density at radius 1 is 1.45 bits per heavy atom. The fourth-order valence-corrected chi connectivity index (χ4v) is 1.42. The van der Waals surface area contributed by atoms with E-state index in [1.807, 2.05) is 13.8 Å². The van der Waals surface area contributed by atoms with Gasteiger partial charge in [0.1, 0.15) is 0 Å². The predicted molar refractivity (Wildman–Crippen MR) is 48.4 cm³/mol. The van der Waals surface area contributed by atoms with Gasteiger partial charge in [-0.1, -0.05) is 6.92 Å². The van der Waals surface area contributed by atoms with Crippen LogP contribution in [0.5, 0.6) is 0 Å². The van der Waals surface area contributed by atoms with Crippen LogP contribution in [0.1, 0.15) is 20.8 Å². The Kier molecular flexibility index (Phi) is 5.35. The predicted octanol–water partition coefficient (Wildman–Crippen LogP) is 1.65. The van der Waals surface area contributed by atoms with Gasteiger partial charge in [0.05, 0.1) is 18.1 Å². The van der Waals surface area contributed by atoms with Gasteiger partial charge in [0, 0.05) is 11.0 Å². The number of nitrogens with zero attached hydrogens (tertiary/aromatic N) is 1. The molecule has 0 fully saturated rings. The molecule has 3 unspecified atom stereocenters. The van der Waals surface area contributed by atoms with E-state index < -0.39 is 0 Å². The van der Waals surface area contributed by atoms with Crippen LogP contribution in [0.4, 0.5) is 0 Å². The number of nitriles is 1. The minimum absolute atomic E-state index is 0.0844. The zero-order valence-electron chi connectivity index (χ0n) is 7.24. The van der Waals surface area contributed by atoms with Gasteiger partial charge in [0.25, 0.3) is 0 Å². The molecule has 0 amide bonds. The topological polar surface area (TPSA) is 44.0 Å². The molecular formula is C8H15NOS. The van der Waals surface area contributed by atoms with E-state index in [1.54, 1.807) is 18.7 Å². The molecule has 64 valence electrons. The van der Waals surface area contributed by atoms with Gasteiger partial charge in [0.15, 0.2) is 0 Å². The molecular weight excluding hydrogens is 158 g/mol. The van der Waals surface area contributed by atoms with Crippen LogP contribution < -0.4 is 0 Å². The van der Waals surface area contributed by atoms with Gasteiger partial charge in [-0.2, -0.15) is 17.0 Å². The lowest BCUT2D eigenvalue weighted by Gasteiger charge is -2.14. The van der Waals surface area contributed by atoms with Gasteiger partial charge in [-0.25, -0.2) is 0 Å². The second-order valence-corrected chi connectivity index (χ2v) is 4.22. The second-order valence-electron chi connectivity index (χ2n) is 2.81. The molecule has 3 heteroatoms. The van der Waals surface area contributed by atoms with Crippen molar-refractivity contribution in [2.24, 2.45) is 5.92 Å². The largest absolute Gasteiger partial charge is 0.392 e. The van der Waals surface area contributed by atoms with E-state index in [0.29, 0.717) is 0 Å². The van der Waals surface area contributed by atoms with Crippen molar-refractivity contribution >= 4 is 11.8 Å². The van der Waals surface area contributed by atoms with Gasteiger partial charge < -0.3 is 5.11 Å². The first-order chi connectivity index (χ1) is 5.07. The molecule has 0 aliphatic heterocycles. The summed E-state index contributed by atoms with van der Waals surface area (Å²) in [5, 5.41) is 17.8. The van der Waals surface area contributed by atoms with E-state index in [1.165, 1.54) is 0 Å². The summed E-state index contributed by atoms with van der Waals surface area (Å²) in [6.45, 7) is 5.63. The minimum atomic E-state index is -0.286. The van der Waals surface area contributed by atoms with Crippen LogP contribution in [0.3, 0.4) is 0 Å². The maximum atomic E-state index is 9.10. The van der Waals surface area contributed by atoms with E-state index in [-0.39, 0.29) is 17.3 Å². The summed E-state index contributed by atoms with van der Waals surface area (Å²) in [4.78, 5) is 0. The molecule has 1 N–H and O–H groups in total. The first-order valence-corrected chi connectivity index (χ1v) is 4.82. The van der Waals surface area contributed by atoms with E-state index >= 15 is 0 Å². The van der Waals surface area contributed by atoms with Crippen LogP contribution in [0.25, 0.3) is 0 Å². The normalized spacial score (nSPS) is 18.5. The van der Waals surface area contributed by atoms with E-state index in [9.17, 15) is 0 Å². The standard InChI is InChI=1S/C8H15NOS/c1-6(4-9)5-11-8(3)7(2)10/h6-8,10H,5H2,1-3H3. The number of hydrogen-bond donors (Lipinski definition) is 1. The van der Waals surface area contributed by atoms with Crippen molar-refractivity contribution in [3.8, 4) is 6.07 Å². The third kappa shape index (κ3) is 5.11. The van der Waals surface area contributed by atoms with Gasteiger partial charge in [-0.15, -0.1) is 0 Å². The molecule has 0 bridgehead atoms. The Morgan fingerprint density at radius 3 is 2.36 bits per heavy atom. The quantitative estimate of drug-likeness (QED) is 0.703. The molecule has 0 aromatic carbocycles. The van der Waals surface area contributed by atoms with Crippen LogP contribution >= 0.6 is 11.8 Å². The molecule has 11 heavy (non-hydrogen) atoms. The lowest BCUT2D eigenvalue weighted by atomic mass is 10.3. The molecule has 0 heterocycles. The number of aliphatic hydroxyl groups is 1. The van der Waals surface area contributed by atoms with Gasteiger partial charge in [-0.05, 0) is 13.8 Å². The van der Waals surface area contributed by atoms with Gasteiger partial charge in [0.2, 0.25) is 0 Å². The lowest BCUT2D eigenvalue weighted by molar-refractivity contribution is 0.196. The Labute approximate surface area is 72.6 Å². The summed E-state index contributed by atoms with van der Waals surface area (Å²) in [5.74, 6) is 0.893. The van der Waals surface area contributed by atoms with Crippen molar-refractivity contribution in [2.45, 2.75) is 32.1 Å². The zero-order valence-corrected chi connectivity index (χ0v) is 8.06. The first kappa shape index (κ1) is 10.8. The molecule has 0 saturated carbocycles. The van der Waals surface area contributed by atoms with Crippen molar-refractivity contribution in [3.05, 3.63) is 0 Å². The smallest absolute Gasteiger partial charge is 0.0661 e. The fraction of sp³-hybridized carbons (Fsp3) is 0.875. The van der Waals surface area contributed by atoms with Crippen molar-refractivity contribution in [1.29, 1.82) is 5.26 Å². The average molecular weight is 173 g/mol. The SMILES string of the molecule is CC(C#N)CSC(C)C(C)O. The molecule has 0 rings (SSSR count). The van der Waals surface area contributed by atoms with Crippen LogP contribution in [0.15, 0.2) is 0 Å². The number of rotatable bonds is 4. The number of thioether (sulfide) groups is 1. The summed E-state index contributed by atoms with van der Waals surface area (Å²) in [6, 6.07) is 2.16. The van der Waals surface area contributed by atoms with Crippen LogP contribution in [0.2, 0.25) is 0 Å². The summed E-state index contributed by atoms with van der Waals surface area (Å²) in [5.41, 5.74) is 0. The first-order valence-electron chi connectivity index (χ1n) is 3.77. The lowest BCUT2D eigenvalue weighted by Crippen LogP contribution is -2.16. The highest BCUT2D eigenvalue weighted by Gasteiger charge is 2.10. The monoisotopic (exact) mass is 173 g/mol. The van der Waals surface area contributed by atoms with Crippen LogP contribution in [0, 0.1) is 17.2 Å². The Morgan fingerprint density at radius 2 is 2.00 bits per heavy atom. The Balaban J connectivity index is 3.47. The maximum Gasteiger partial charge on any atom is 0.0661 e. The average Bonchev–Trinajstić information content (AvgIpc) is 1.99. The van der Waals surface area contributed by atoms with E-state index in [0.717, 1.165) is 5.75 Å². The van der Waals surface area contributed by atoms with Gasteiger partial charge in [-0.3, -0.25) is 0 Å². The zero-order chi connectivity index (χ0) is 8.85. The highest BCUT2D eigenvalue weighted by atomic mass is 32.2. The van der Waals surface area contributed by atoms with Crippen molar-refractivity contribution in [2.75, 3.05) is 5.75 Å². The van der Waals surface area contributed by atoms with Crippen molar-refractivity contribution < 1.29 is 5.11 Å². The molecule has 0 radical (unpaired) electrons. The molecule has 3 atom stereocenters. The summed E-state index contributed by atoms with van der Waals surface area (Å²) in [6.07, 6.45) is -0.286. The second kappa shape index (κ2) is 5.45. The van der Waals surface area contributed by atoms with E-state index in [4.69, 9.17) is 10.4 Å². The van der Waals surface area contributed by atoms with Crippen LogP contribution in [-0.2, 0) is 0 Å². The fourth-order valence-electron chi connectivity index (χ4n) is 0.473. The molecule has 0 aliphatic rings. The van der Waals surface area contributed by atoms with Crippen molar-refractivity contribution in [3.63, 3.8) is 0 Å².